The van der Waals surface area contributed by atoms with E-state index in [0.29, 0.717) is 13.0 Å². The minimum atomic E-state index is 0.551. The average molecular weight is 282 g/mol. The van der Waals surface area contributed by atoms with Gasteiger partial charge in [-0.2, -0.15) is 5.26 Å². The molecule has 0 spiro atoms. The lowest BCUT2D eigenvalue weighted by molar-refractivity contribution is 0.313. The molecule has 1 fully saturated rings. The van der Waals surface area contributed by atoms with Gasteiger partial charge < -0.3 is 10.1 Å². The summed E-state index contributed by atoms with van der Waals surface area (Å²) in [5.41, 5.74) is 1.12. The van der Waals surface area contributed by atoms with Crippen LogP contribution in [0.15, 0.2) is 36.4 Å². The number of hydrogen-bond donors (Lipinski definition) is 1. The van der Waals surface area contributed by atoms with Gasteiger partial charge in [-0.1, -0.05) is 18.2 Å². The van der Waals surface area contributed by atoms with Crippen LogP contribution in [0.1, 0.15) is 25.7 Å². The molecular weight excluding hydrogens is 260 g/mol. The molecule has 3 rings (SSSR count). The molecule has 2 aliphatic carbocycles. The van der Waals surface area contributed by atoms with E-state index in [9.17, 15) is 0 Å². The second kappa shape index (κ2) is 6.67. The highest BCUT2D eigenvalue weighted by Crippen LogP contribution is 2.43. The summed E-state index contributed by atoms with van der Waals surface area (Å²) in [6, 6.07) is 10.3. The molecule has 2 bridgehead atoms. The van der Waals surface area contributed by atoms with E-state index in [1.807, 2.05) is 12.1 Å². The number of anilines is 1. The van der Waals surface area contributed by atoms with Gasteiger partial charge in [0.1, 0.15) is 5.75 Å². The van der Waals surface area contributed by atoms with Gasteiger partial charge in [-0.05, 0) is 49.1 Å². The molecule has 1 saturated carbocycles. The number of nitrogens with one attached hydrogen (secondary N) is 1. The Labute approximate surface area is 126 Å². The van der Waals surface area contributed by atoms with Gasteiger partial charge in [0, 0.05) is 24.7 Å². The van der Waals surface area contributed by atoms with Crippen LogP contribution in [0, 0.1) is 29.1 Å². The average Bonchev–Trinajstić information content (AvgIpc) is 3.13. The van der Waals surface area contributed by atoms with Crippen LogP contribution in [0.2, 0.25) is 0 Å². The molecule has 0 aliphatic heterocycles. The molecule has 3 atom stereocenters. The van der Waals surface area contributed by atoms with Gasteiger partial charge in [0.25, 0.3) is 0 Å². The Balaban J connectivity index is 1.47. The molecule has 21 heavy (non-hydrogen) atoms. The third kappa shape index (κ3) is 3.58. The van der Waals surface area contributed by atoms with Gasteiger partial charge in [-0.3, -0.25) is 0 Å². The standard InChI is InChI=1S/C18H22N2O/c19-8-1-2-9-21-18-5-3-4-17(12-18)20-13-16-11-14-6-7-15(16)10-14/h3-7,12,14-16,20H,1-2,9-11,13H2. The van der Waals surface area contributed by atoms with Crippen molar-refractivity contribution in [2.75, 3.05) is 18.5 Å². The molecule has 1 aromatic carbocycles. The summed E-state index contributed by atoms with van der Waals surface area (Å²) < 4.78 is 5.67. The number of nitriles is 1. The Morgan fingerprint density at radius 3 is 3.00 bits per heavy atom. The van der Waals surface area contributed by atoms with Gasteiger partial charge in [-0.25, -0.2) is 0 Å². The molecule has 3 nitrogen and oxygen atoms in total. The van der Waals surface area contributed by atoms with Crippen LogP contribution in [0.4, 0.5) is 5.69 Å². The minimum Gasteiger partial charge on any atom is -0.493 e. The summed E-state index contributed by atoms with van der Waals surface area (Å²) in [7, 11) is 0. The number of nitrogens with zero attached hydrogens (tertiary/aromatic N) is 1. The van der Waals surface area contributed by atoms with Crippen LogP contribution < -0.4 is 10.1 Å². The Bertz CT molecular complexity index is 546. The predicted molar refractivity (Wildman–Crippen MR) is 84.1 cm³/mol. The number of allylic oxidation sites excluding steroid dienone is 2. The van der Waals surface area contributed by atoms with Gasteiger partial charge in [0.2, 0.25) is 0 Å². The normalized spacial score (nSPS) is 25.8. The van der Waals surface area contributed by atoms with Crippen molar-refractivity contribution in [1.82, 2.24) is 0 Å². The molecule has 0 amide bonds. The minimum absolute atomic E-state index is 0.551. The zero-order valence-electron chi connectivity index (χ0n) is 12.3. The third-order valence-corrected chi connectivity index (χ3v) is 4.52. The van der Waals surface area contributed by atoms with Crippen molar-refractivity contribution in [3.8, 4) is 11.8 Å². The first-order valence-electron chi connectivity index (χ1n) is 7.87. The van der Waals surface area contributed by atoms with Crippen molar-refractivity contribution >= 4 is 5.69 Å². The largest absolute Gasteiger partial charge is 0.493 e. The Hall–Kier alpha value is -1.95. The Kier molecular flexibility index (Phi) is 4.45. The number of fused-ring (bicyclic) bond motifs is 2. The fourth-order valence-electron chi connectivity index (χ4n) is 3.42. The van der Waals surface area contributed by atoms with Crippen molar-refractivity contribution in [3.05, 3.63) is 36.4 Å². The predicted octanol–water partition coefficient (Wildman–Crippen LogP) is 3.99. The van der Waals surface area contributed by atoms with Crippen LogP contribution in [0.25, 0.3) is 0 Å². The molecule has 0 saturated heterocycles. The zero-order chi connectivity index (χ0) is 14.5. The van der Waals surface area contributed by atoms with E-state index in [-0.39, 0.29) is 0 Å². The van der Waals surface area contributed by atoms with Gasteiger partial charge in [-0.15, -0.1) is 0 Å². The first-order valence-corrected chi connectivity index (χ1v) is 7.87. The maximum Gasteiger partial charge on any atom is 0.121 e. The van der Waals surface area contributed by atoms with E-state index in [1.54, 1.807) is 0 Å². The van der Waals surface area contributed by atoms with E-state index in [2.05, 4.69) is 35.7 Å². The lowest BCUT2D eigenvalue weighted by Crippen LogP contribution is -2.18. The van der Waals surface area contributed by atoms with Gasteiger partial charge in [0.05, 0.1) is 12.7 Å². The highest BCUT2D eigenvalue weighted by Gasteiger charge is 2.35. The quantitative estimate of drug-likeness (QED) is 0.607. The number of rotatable bonds is 7. The molecule has 1 aromatic rings. The maximum atomic E-state index is 8.51. The molecule has 3 unspecified atom stereocenters. The number of benzene rings is 1. The van der Waals surface area contributed by atoms with Crippen molar-refractivity contribution in [2.24, 2.45) is 17.8 Å². The van der Waals surface area contributed by atoms with E-state index < -0.39 is 0 Å². The molecular formula is C18H22N2O. The monoisotopic (exact) mass is 282 g/mol. The smallest absolute Gasteiger partial charge is 0.121 e. The first-order chi connectivity index (χ1) is 10.3. The number of ether oxygens (including phenoxy) is 1. The van der Waals surface area contributed by atoms with Crippen LogP contribution in [0.3, 0.4) is 0 Å². The SMILES string of the molecule is N#CCCCOc1cccc(NCC2CC3C=CC2C3)c1. The fourth-order valence-corrected chi connectivity index (χ4v) is 3.42. The van der Waals surface area contributed by atoms with Gasteiger partial charge >= 0.3 is 0 Å². The summed E-state index contributed by atoms with van der Waals surface area (Å²) in [6.45, 7) is 1.65. The summed E-state index contributed by atoms with van der Waals surface area (Å²) in [4.78, 5) is 0. The van der Waals surface area contributed by atoms with Crippen molar-refractivity contribution in [1.29, 1.82) is 5.26 Å². The maximum absolute atomic E-state index is 8.51. The third-order valence-electron chi connectivity index (χ3n) is 4.52. The number of unbranched alkanes of at least 4 members (excludes halogenated alkanes) is 1. The van der Waals surface area contributed by atoms with Crippen LogP contribution in [0.5, 0.6) is 5.75 Å². The molecule has 0 heterocycles. The van der Waals surface area contributed by atoms with Crippen molar-refractivity contribution in [2.45, 2.75) is 25.7 Å². The summed E-state index contributed by atoms with van der Waals surface area (Å²) in [5.74, 6) is 3.27. The van der Waals surface area contributed by atoms with E-state index in [0.717, 1.165) is 42.2 Å². The molecule has 2 aliphatic rings. The van der Waals surface area contributed by atoms with Crippen LogP contribution >= 0.6 is 0 Å². The Morgan fingerprint density at radius 1 is 1.29 bits per heavy atom. The molecule has 0 radical (unpaired) electrons. The molecule has 3 heteroatoms. The molecule has 1 N–H and O–H groups in total. The van der Waals surface area contributed by atoms with Gasteiger partial charge in [0.15, 0.2) is 0 Å². The highest BCUT2D eigenvalue weighted by molar-refractivity contribution is 5.48. The topological polar surface area (TPSA) is 45.0 Å². The first kappa shape index (κ1) is 14.0. The fraction of sp³-hybridized carbons (Fsp3) is 0.500. The van der Waals surface area contributed by atoms with E-state index in [4.69, 9.17) is 10.00 Å². The van der Waals surface area contributed by atoms with Crippen LogP contribution in [-0.2, 0) is 0 Å². The second-order valence-electron chi connectivity index (χ2n) is 6.06. The van der Waals surface area contributed by atoms with E-state index in [1.165, 1.54) is 12.8 Å². The highest BCUT2D eigenvalue weighted by atomic mass is 16.5. The summed E-state index contributed by atoms with van der Waals surface area (Å²) in [5, 5.41) is 12.1. The van der Waals surface area contributed by atoms with Crippen molar-refractivity contribution < 1.29 is 4.74 Å². The zero-order valence-corrected chi connectivity index (χ0v) is 12.3. The molecule has 0 aromatic heterocycles. The lowest BCUT2D eigenvalue weighted by Gasteiger charge is -2.19. The van der Waals surface area contributed by atoms with E-state index >= 15 is 0 Å². The number of hydrogen-bond acceptors (Lipinski definition) is 3. The van der Waals surface area contributed by atoms with Crippen molar-refractivity contribution in [3.63, 3.8) is 0 Å². The van der Waals surface area contributed by atoms with Crippen LogP contribution in [-0.4, -0.2) is 13.2 Å². The summed E-state index contributed by atoms with van der Waals surface area (Å²) >= 11 is 0. The summed E-state index contributed by atoms with van der Waals surface area (Å²) in [6.07, 6.45) is 8.81. The molecule has 110 valence electrons. The Morgan fingerprint density at radius 2 is 2.24 bits per heavy atom. The lowest BCUT2D eigenvalue weighted by atomic mass is 9.93. The second-order valence-corrected chi connectivity index (χ2v) is 6.06.